The molecule has 0 radical (unpaired) electrons. The highest BCUT2D eigenvalue weighted by molar-refractivity contribution is 8.13. The van der Waals surface area contributed by atoms with Gasteiger partial charge in [-0.1, -0.05) is 53.7 Å². The van der Waals surface area contributed by atoms with Gasteiger partial charge in [0.2, 0.25) is 0 Å². The molecule has 0 saturated heterocycles. The first-order valence-electron chi connectivity index (χ1n) is 6.48. The van der Waals surface area contributed by atoms with Crippen LogP contribution < -0.4 is 5.32 Å². The molecule has 2 aromatic rings. The molecule has 0 aliphatic carbocycles. The second-order valence-corrected chi connectivity index (χ2v) is 5.90. The predicted octanol–water partition coefficient (Wildman–Crippen LogP) is 4.62. The van der Waals surface area contributed by atoms with Crippen molar-refractivity contribution in [1.82, 2.24) is 0 Å². The zero-order valence-electron chi connectivity index (χ0n) is 11.1. The molecule has 20 heavy (non-hydrogen) atoms. The van der Waals surface area contributed by atoms with Crippen molar-refractivity contribution in [3.8, 4) is 0 Å². The second-order valence-electron chi connectivity index (χ2n) is 4.67. The van der Waals surface area contributed by atoms with Crippen LogP contribution in [0.5, 0.6) is 0 Å². The molecule has 2 aromatic carbocycles. The van der Waals surface area contributed by atoms with Gasteiger partial charge < -0.3 is 5.32 Å². The number of aliphatic imine (C=N–C) groups is 1. The molecule has 1 aliphatic rings. The molecule has 1 heterocycles. The fraction of sp³-hybridized carbons (Fsp3) is 0.188. The van der Waals surface area contributed by atoms with Gasteiger partial charge in [-0.15, -0.1) is 0 Å². The largest absolute Gasteiger partial charge is 0.335 e. The number of hydrogen-bond donors (Lipinski definition) is 1. The third kappa shape index (κ3) is 2.69. The maximum absolute atomic E-state index is 6.18. The number of anilines is 1. The van der Waals surface area contributed by atoms with E-state index in [1.165, 1.54) is 11.1 Å². The van der Waals surface area contributed by atoms with Crippen molar-refractivity contribution >= 4 is 34.2 Å². The smallest absolute Gasteiger partial charge is 0.160 e. The van der Waals surface area contributed by atoms with E-state index in [1.807, 2.05) is 30.5 Å². The van der Waals surface area contributed by atoms with Gasteiger partial charge in [0.25, 0.3) is 0 Å². The Hall–Kier alpha value is -1.45. The van der Waals surface area contributed by atoms with E-state index in [2.05, 4.69) is 34.6 Å². The normalized spacial score (nSPS) is 17.7. The van der Waals surface area contributed by atoms with Crippen LogP contribution in [0.1, 0.15) is 17.0 Å². The van der Waals surface area contributed by atoms with Gasteiger partial charge in [-0.3, -0.25) is 4.99 Å². The summed E-state index contributed by atoms with van der Waals surface area (Å²) in [6.07, 6.45) is 2.03. The molecule has 0 fully saturated rings. The topological polar surface area (TPSA) is 24.4 Å². The van der Waals surface area contributed by atoms with Crippen molar-refractivity contribution in [2.45, 2.75) is 5.92 Å². The molecule has 0 bridgehead atoms. The van der Waals surface area contributed by atoms with Crippen LogP contribution in [0.3, 0.4) is 0 Å². The van der Waals surface area contributed by atoms with E-state index < -0.39 is 0 Å². The van der Waals surface area contributed by atoms with Gasteiger partial charge >= 0.3 is 0 Å². The summed E-state index contributed by atoms with van der Waals surface area (Å²) in [5.74, 6) is 0.238. The summed E-state index contributed by atoms with van der Waals surface area (Å²) >= 11 is 7.81. The SMILES string of the molecule is CSC1=NCC(c2ccccc2)c2cc(Cl)ccc2N1. The van der Waals surface area contributed by atoms with Gasteiger partial charge in [0.15, 0.2) is 5.17 Å². The lowest BCUT2D eigenvalue weighted by atomic mass is 9.90. The molecule has 2 nitrogen and oxygen atoms in total. The highest BCUT2D eigenvalue weighted by atomic mass is 35.5. The minimum atomic E-state index is 0.238. The lowest BCUT2D eigenvalue weighted by Crippen LogP contribution is -2.07. The molecule has 1 aliphatic heterocycles. The van der Waals surface area contributed by atoms with Crippen LogP contribution in [-0.4, -0.2) is 18.0 Å². The van der Waals surface area contributed by atoms with Crippen LogP contribution >= 0.6 is 23.4 Å². The Balaban J connectivity index is 2.11. The van der Waals surface area contributed by atoms with E-state index >= 15 is 0 Å². The number of nitrogens with zero attached hydrogens (tertiary/aromatic N) is 1. The van der Waals surface area contributed by atoms with E-state index in [-0.39, 0.29) is 5.92 Å². The minimum absolute atomic E-state index is 0.238. The summed E-state index contributed by atoms with van der Waals surface area (Å²) in [6.45, 7) is 0.737. The molecule has 4 heteroatoms. The van der Waals surface area contributed by atoms with Gasteiger partial charge in [0.05, 0.1) is 6.54 Å². The Bertz CT molecular complexity index is 640. The minimum Gasteiger partial charge on any atom is -0.335 e. The molecule has 0 saturated carbocycles. The predicted molar refractivity (Wildman–Crippen MR) is 89.2 cm³/mol. The number of halogens is 1. The number of hydrogen-bond acceptors (Lipinski definition) is 3. The molecular formula is C16H15ClN2S. The van der Waals surface area contributed by atoms with Crippen molar-refractivity contribution in [2.24, 2.45) is 4.99 Å². The van der Waals surface area contributed by atoms with Crippen LogP contribution in [0.15, 0.2) is 53.5 Å². The Morgan fingerprint density at radius 3 is 2.75 bits per heavy atom. The standard InChI is InChI=1S/C16H15ClN2S/c1-20-16-18-10-14(11-5-3-2-4-6-11)13-9-12(17)7-8-15(13)19-16/h2-9,14H,10H2,1H3,(H,18,19). The molecule has 1 unspecified atom stereocenters. The number of rotatable bonds is 1. The molecular weight excluding hydrogens is 288 g/mol. The third-order valence-corrected chi connectivity index (χ3v) is 4.30. The van der Waals surface area contributed by atoms with E-state index in [1.54, 1.807) is 11.8 Å². The number of benzene rings is 2. The quantitative estimate of drug-likeness (QED) is 0.831. The van der Waals surface area contributed by atoms with Crippen LogP contribution in [0, 0.1) is 0 Å². The fourth-order valence-corrected chi connectivity index (χ4v) is 3.05. The first kappa shape index (κ1) is 13.5. The summed E-state index contributed by atoms with van der Waals surface area (Å²) in [5, 5.41) is 5.10. The summed E-state index contributed by atoms with van der Waals surface area (Å²) in [7, 11) is 0. The Morgan fingerprint density at radius 1 is 1.20 bits per heavy atom. The van der Waals surface area contributed by atoms with Gasteiger partial charge in [-0.2, -0.15) is 0 Å². The molecule has 102 valence electrons. The first-order chi connectivity index (χ1) is 9.78. The van der Waals surface area contributed by atoms with Crippen molar-refractivity contribution in [3.05, 3.63) is 64.7 Å². The van der Waals surface area contributed by atoms with Gasteiger partial charge in [-0.05, 0) is 35.6 Å². The Kier molecular flexibility index (Phi) is 3.99. The van der Waals surface area contributed by atoms with Crippen LogP contribution in [0.25, 0.3) is 0 Å². The average Bonchev–Trinajstić information content (AvgIpc) is 2.67. The monoisotopic (exact) mass is 302 g/mol. The van der Waals surface area contributed by atoms with E-state index in [9.17, 15) is 0 Å². The maximum atomic E-state index is 6.18. The lowest BCUT2D eigenvalue weighted by Gasteiger charge is -2.17. The zero-order chi connectivity index (χ0) is 13.9. The molecule has 1 atom stereocenters. The highest BCUT2D eigenvalue weighted by Gasteiger charge is 2.21. The number of fused-ring (bicyclic) bond motifs is 1. The fourth-order valence-electron chi connectivity index (χ4n) is 2.45. The number of amidine groups is 1. The molecule has 1 N–H and O–H groups in total. The van der Waals surface area contributed by atoms with Crippen molar-refractivity contribution in [2.75, 3.05) is 18.1 Å². The average molecular weight is 303 g/mol. The third-order valence-electron chi connectivity index (χ3n) is 3.44. The van der Waals surface area contributed by atoms with E-state index in [0.717, 1.165) is 22.4 Å². The number of thioether (sulfide) groups is 1. The Labute approximate surface area is 128 Å². The molecule has 0 aromatic heterocycles. The lowest BCUT2D eigenvalue weighted by molar-refractivity contribution is 0.830. The van der Waals surface area contributed by atoms with Gasteiger partial charge in [-0.25, -0.2) is 0 Å². The summed E-state index contributed by atoms with van der Waals surface area (Å²) in [5.41, 5.74) is 3.56. The molecule has 0 amide bonds. The van der Waals surface area contributed by atoms with Crippen LogP contribution in [0.4, 0.5) is 5.69 Å². The second kappa shape index (κ2) is 5.90. The zero-order valence-corrected chi connectivity index (χ0v) is 12.7. The van der Waals surface area contributed by atoms with Crippen LogP contribution in [0.2, 0.25) is 5.02 Å². The highest BCUT2D eigenvalue weighted by Crippen LogP contribution is 2.35. The Morgan fingerprint density at radius 2 is 2.00 bits per heavy atom. The van der Waals surface area contributed by atoms with E-state index in [0.29, 0.717) is 0 Å². The summed E-state index contributed by atoms with van der Waals surface area (Å²) in [6, 6.07) is 16.5. The number of nitrogens with one attached hydrogen (secondary N) is 1. The maximum Gasteiger partial charge on any atom is 0.160 e. The van der Waals surface area contributed by atoms with Crippen molar-refractivity contribution in [1.29, 1.82) is 0 Å². The van der Waals surface area contributed by atoms with Gasteiger partial charge in [0.1, 0.15) is 0 Å². The molecule has 3 rings (SSSR count). The summed E-state index contributed by atoms with van der Waals surface area (Å²) < 4.78 is 0. The van der Waals surface area contributed by atoms with Gasteiger partial charge in [0, 0.05) is 16.6 Å². The molecule has 0 spiro atoms. The van der Waals surface area contributed by atoms with Crippen molar-refractivity contribution in [3.63, 3.8) is 0 Å². The summed E-state index contributed by atoms with van der Waals surface area (Å²) in [4.78, 5) is 4.67. The van der Waals surface area contributed by atoms with E-state index in [4.69, 9.17) is 11.6 Å². The van der Waals surface area contributed by atoms with Crippen molar-refractivity contribution < 1.29 is 0 Å². The van der Waals surface area contributed by atoms with Crippen LogP contribution in [-0.2, 0) is 0 Å². The first-order valence-corrected chi connectivity index (χ1v) is 8.08.